The van der Waals surface area contributed by atoms with E-state index in [1.807, 2.05) is 60.7 Å². The van der Waals surface area contributed by atoms with Gasteiger partial charge in [-0.2, -0.15) is 0 Å². The maximum atomic E-state index is 8.09. The third-order valence-electron chi connectivity index (χ3n) is 2.01. The SMILES string of the molecule is ON=Cc1ccccc1.ON=Cc1ccccc1. The van der Waals surface area contributed by atoms with Gasteiger partial charge in [-0.05, 0) is 11.1 Å². The summed E-state index contributed by atoms with van der Waals surface area (Å²) in [7, 11) is 0. The second kappa shape index (κ2) is 8.52. The van der Waals surface area contributed by atoms with Crippen LogP contribution in [0.4, 0.5) is 0 Å². The molecular weight excluding hydrogens is 228 g/mol. The maximum absolute atomic E-state index is 8.09. The van der Waals surface area contributed by atoms with Crippen LogP contribution < -0.4 is 0 Å². The standard InChI is InChI=1S/2C7H7NO/c2*9-8-6-7-4-2-1-3-5-7/h2*1-6,9H. The molecule has 18 heavy (non-hydrogen) atoms. The third-order valence-corrected chi connectivity index (χ3v) is 2.01. The molecule has 0 aliphatic heterocycles. The molecule has 0 saturated carbocycles. The molecule has 92 valence electrons. The summed E-state index contributed by atoms with van der Waals surface area (Å²) in [6, 6.07) is 18.8. The fourth-order valence-electron chi connectivity index (χ4n) is 1.21. The highest BCUT2D eigenvalue weighted by Gasteiger charge is 1.80. The number of oxime groups is 2. The Morgan fingerprint density at radius 3 is 1.22 bits per heavy atom. The van der Waals surface area contributed by atoms with E-state index < -0.39 is 0 Å². The zero-order valence-corrected chi connectivity index (χ0v) is 9.72. The summed E-state index contributed by atoms with van der Waals surface area (Å²) in [5.74, 6) is 0. The summed E-state index contributed by atoms with van der Waals surface area (Å²) >= 11 is 0. The van der Waals surface area contributed by atoms with Crippen LogP contribution in [0.1, 0.15) is 11.1 Å². The minimum Gasteiger partial charge on any atom is -0.411 e. The Balaban J connectivity index is 0.000000180. The van der Waals surface area contributed by atoms with Crippen LogP contribution in [0.2, 0.25) is 0 Å². The lowest BCUT2D eigenvalue weighted by Gasteiger charge is -1.85. The molecule has 2 aromatic carbocycles. The molecule has 0 atom stereocenters. The Morgan fingerprint density at radius 1 is 0.611 bits per heavy atom. The van der Waals surface area contributed by atoms with E-state index in [9.17, 15) is 0 Å². The topological polar surface area (TPSA) is 65.2 Å². The molecule has 0 saturated heterocycles. The number of rotatable bonds is 2. The van der Waals surface area contributed by atoms with Crippen LogP contribution in [-0.2, 0) is 0 Å². The van der Waals surface area contributed by atoms with Gasteiger partial charge in [0.15, 0.2) is 0 Å². The number of nitrogens with zero attached hydrogens (tertiary/aromatic N) is 2. The first kappa shape index (κ1) is 13.4. The second-order valence-corrected chi connectivity index (χ2v) is 3.31. The van der Waals surface area contributed by atoms with Gasteiger partial charge in [-0.15, -0.1) is 0 Å². The van der Waals surface area contributed by atoms with E-state index in [1.54, 1.807) is 0 Å². The van der Waals surface area contributed by atoms with Crippen LogP contribution in [0.15, 0.2) is 71.0 Å². The molecule has 2 N–H and O–H groups in total. The average Bonchev–Trinajstić information content (AvgIpc) is 2.43. The van der Waals surface area contributed by atoms with Gasteiger partial charge in [-0.1, -0.05) is 71.0 Å². The van der Waals surface area contributed by atoms with Crippen molar-refractivity contribution in [1.82, 2.24) is 0 Å². The summed E-state index contributed by atoms with van der Waals surface area (Å²) in [5.41, 5.74) is 1.81. The van der Waals surface area contributed by atoms with Crippen LogP contribution in [0.5, 0.6) is 0 Å². The van der Waals surface area contributed by atoms with Gasteiger partial charge in [-0.25, -0.2) is 0 Å². The van der Waals surface area contributed by atoms with Gasteiger partial charge in [0.1, 0.15) is 0 Å². The number of benzene rings is 2. The first-order valence-electron chi connectivity index (χ1n) is 5.32. The lowest BCUT2D eigenvalue weighted by molar-refractivity contribution is 0.321. The van der Waals surface area contributed by atoms with Gasteiger partial charge in [0.05, 0.1) is 12.4 Å². The van der Waals surface area contributed by atoms with Crippen molar-refractivity contribution in [3.8, 4) is 0 Å². The Kier molecular flexibility index (Phi) is 6.37. The summed E-state index contributed by atoms with van der Waals surface area (Å²) in [6.07, 6.45) is 2.78. The zero-order valence-electron chi connectivity index (χ0n) is 9.72. The molecule has 2 aromatic rings. The average molecular weight is 242 g/mol. The van der Waals surface area contributed by atoms with Gasteiger partial charge < -0.3 is 10.4 Å². The van der Waals surface area contributed by atoms with E-state index in [1.165, 1.54) is 12.4 Å². The molecule has 2 rings (SSSR count). The van der Waals surface area contributed by atoms with Crippen LogP contribution in [0.25, 0.3) is 0 Å². The molecule has 0 aliphatic rings. The predicted molar refractivity (Wildman–Crippen MR) is 71.6 cm³/mol. The van der Waals surface area contributed by atoms with Gasteiger partial charge in [0.25, 0.3) is 0 Å². The minimum absolute atomic E-state index is 0.903. The fourth-order valence-corrected chi connectivity index (χ4v) is 1.21. The fraction of sp³-hybridized carbons (Fsp3) is 0. The normalized spacial score (nSPS) is 10.2. The summed E-state index contributed by atoms with van der Waals surface area (Å²) < 4.78 is 0. The number of hydrogen-bond donors (Lipinski definition) is 2. The Bertz CT molecular complexity index is 434. The molecule has 0 radical (unpaired) electrons. The molecule has 0 aromatic heterocycles. The second-order valence-electron chi connectivity index (χ2n) is 3.31. The van der Waals surface area contributed by atoms with Crippen LogP contribution in [-0.4, -0.2) is 22.8 Å². The van der Waals surface area contributed by atoms with Crippen molar-refractivity contribution in [2.45, 2.75) is 0 Å². The van der Waals surface area contributed by atoms with E-state index in [0.717, 1.165) is 11.1 Å². The Hall–Kier alpha value is -2.62. The highest BCUT2D eigenvalue weighted by atomic mass is 16.4. The predicted octanol–water partition coefficient (Wildman–Crippen LogP) is 2.99. The third kappa shape index (κ3) is 5.46. The van der Waals surface area contributed by atoms with E-state index in [-0.39, 0.29) is 0 Å². The summed E-state index contributed by atoms with van der Waals surface area (Å²) in [6.45, 7) is 0. The molecule has 0 unspecified atom stereocenters. The zero-order chi connectivity index (χ0) is 13.1. The molecule has 0 aliphatic carbocycles. The van der Waals surface area contributed by atoms with E-state index >= 15 is 0 Å². The van der Waals surface area contributed by atoms with Gasteiger partial charge >= 0.3 is 0 Å². The van der Waals surface area contributed by atoms with E-state index in [0.29, 0.717) is 0 Å². The molecule has 0 fully saturated rings. The molecular formula is C14H14N2O2. The van der Waals surface area contributed by atoms with Crippen molar-refractivity contribution in [3.63, 3.8) is 0 Å². The lowest BCUT2D eigenvalue weighted by atomic mass is 10.2. The monoisotopic (exact) mass is 242 g/mol. The number of hydrogen-bond acceptors (Lipinski definition) is 4. The first-order chi connectivity index (χ1) is 8.86. The smallest absolute Gasteiger partial charge is 0.0733 e. The van der Waals surface area contributed by atoms with E-state index in [2.05, 4.69) is 10.3 Å². The van der Waals surface area contributed by atoms with E-state index in [4.69, 9.17) is 10.4 Å². The van der Waals surface area contributed by atoms with Crippen LogP contribution in [0, 0.1) is 0 Å². The lowest BCUT2D eigenvalue weighted by Crippen LogP contribution is -1.76. The molecule has 0 heterocycles. The first-order valence-corrected chi connectivity index (χ1v) is 5.32. The van der Waals surface area contributed by atoms with Gasteiger partial charge in [0, 0.05) is 0 Å². The minimum atomic E-state index is 0.903. The van der Waals surface area contributed by atoms with Crippen molar-refractivity contribution in [2.24, 2.45) is 10.3 Å². The van der Waals surface area contributed by atoms with Gasteiger partial charge in [-0.3, -0.25) is 0 Å². The van der Waals surface area contributed by atoms with Crippen molar-refractivity contribution in [3.05, 3.63) is 71.8 Å². The highest BCUT2D eigenvalue weighted by Crippen LogP contribution is 1.93. The Morgan fingerprint density at radius 2 is 0.944 bits per heavy atom. The quantitative estimate of drug-likeness (QED) is 0.483. The highest BCUT2D eigenvalue weighted by molar-refractivity contribution is 5.79. The van der Waals surface area contributed by atoms with Crippen molar-refractivity contribution in [1.29, 1.82) is 0 Å². The van der Waals surface area contributed by atoms with Crippen molar-refractivity contribution < 1.29 is 10.4 Å². The molecule has 0 spiro atoms. The molecule has 4 nitrogen and oxygen atoms in total. The van der Waals surface area contributed by atoms with Gasteiger partial charge in [0.2, 0.25) is 0 Å². The van der Waals surface area contributed by atoms with Crippen LogP contribution >= 0.6 is 0 Å². The molecule has 4 heteroatoms. The molecule has 0 amide bonds. The largest absolute Gasteiger partial charge is 0.411 e. The van der Waals surface area contributed by atoms with Crippen molar-refractivity contribution >= 4 is 12.4 Å². The Labute approximate surface area is 106 Å². The summed E-state index contributed by atoms with van der Waals surface area (Å²) in [4.78, 5) is 0. The maximum Gasteiger partial charge on any atom is 0.0733 e. The van der Waals surface area contributed by atoms with Crippen molar-refractivity contribution in [2.75, 3.05) is 0 Å². The summed E-state index contributed by atoms with van der Waals surface area (Å²) in [5, 5.41) is 21.9. The van der Waals surface area contributed by atoms with Crippen LogP contribution in [0.3, 0.4) is 0 Å². The molecule has 0 bridgehead atoms.